The first-order chi connectivity index (χ1) is 6.79. The molecular formula is C13H22N2. The van der Waals surface area contributed by atoms with Gasteiger partial charge in [0.05, 0.1) is 11.2 Å². The maximum atomic E-state index is 4.63. The fraction of sp³-hybridized carbons (Fsp3) is 0.615. The Morgan fingerprint density at radius 2 is 1.93 bits per heavy atom. The fourth-order valence-electron chi connectivity index (χ4n) is 2.01. The summed E-state index contributed by atoms with van der Waals surface area (Å²) in [5.41, 5.74) is 1.39. The molecule has 0 aliphatic carbocycles. The first kappa shape index (κ1) is 12.0. The Morgan fingerprint density at radius 3 is 2.40 bits per heavy atom. The van der Waals surface area contributed by atoms with Gasteiger partial charge in [0, 0.05) is 12.4 Å². The Labute approximate surface area is 92.8 Å². The van der Waals surface area contributed by atoms with E-state index in [-0.39, 0.29) is 5.54 Å². The SMILES string of the molecule is CC(C)(C)CC(C)(C)N=Cc1ccc[nH]1. The summed E-state index contributed by atoms with van der Waals surface area (Å²) in [6.45, 7) is 11.1. The third kappa shape index (κ3) is 4.82. The molecule has 0 aromatic carbocycles. The summed E-state index contributed by atoms with van der Waals surface area (Å²) in [6, 6.07) is 4.01. The standard InChI is InChI=1S/C13H22N2/c1-12(2,3)10-13(4,5)15-9-11-7-6-8-14-11/h6-9,14H,10H2,1-5H3. The average Bonchev–Trinajstić information content (AvgIpc) is 2.47. The molecule has 0 spiro atoms. The van der Waals surface area contributed by atoms with E-state index in [2.05, 4.69) is 44.6 Å². The van der Waals surface area contributed by atoms with Gasteiger partial charge in [-0.2, -0.15) is 0 Å². The van der Waals surface area contributed by atoms with E-state index in [0.29, 0.717) is 5.41 Å². The van der Waals surface area contributed by atoms with Crippen LogP contribution in [-0.4, -0.2) is 16.7 Å². The molecule has 84 valence electrons. The van der Waals surface area contributed by atoms with Crippen LogP contribution in [0.15, 0.2) is 23.3 Å². The lowest BCUT2D eigenvalue weighted by Gasteiger charge is -2.28. The first-order valence-electron chi connectivity index (χ1n) is 5.47. The van der Waals surface area contributed by atoms with Gasteiger partial charge in [-0.15, -0.1) is 0 Å². The molecule has 0 saturated carbocycles. The minimum Gasteiger partial charge on any atom is -0.360 e. The van der Waals surface area contributed by atoms with Crippen LogP contribution in [0.4, 0.5) is 0 Å². The zero-order valence-corrected chi connectivity index (χ0v) is 10.5. The second-order valence-corrected chi connectivity index (χ2v) is 5.93. The third-order valence-electron chi connectivity index (χ3n) is 2.14. The summed E-state index contributed by atoms with van der Waals surface area (Å²) in [5.74, 6) is 0. The topological polar surface area (TPSA) is 28.1 Å². The smallest absolute Gasteiger partial charge is 0.0562 e. The van der Waals surface area contributed by atoms with Crippen LogP contribution < -0.4 is 0 Å². The fourth-order valence-corrected chi connectivity index (χ4v) is 2.01. The third-order valence-corrected chi connectivity index (χ3v) is 2.14. The summed E-state index contributed by atoms with van der Waals surface area (Å²) < 4.78 is 0. The Bertz CT molecular complexity index is 313. The van der Waals surface area contributed by atoms with Crippen molar-refractivity contribution in [2.45, 2.75) is 46.6 Å². The molecular weight excluding hydrogens is 184 g/mol. The number of nitrogens with zero attached hydrogens (tertiary/aromatic N) is 1. The molecule has 0 radical (unpaired) electrons. The van der Waals surface area contributed by atoms with Crippen molar-refractivity contribution in [1.29, 1.82) is 0 Å². The molecule has 0 fully saturated rings. The van der Waals surface area contributed by atoms with E-state index in [1.807, 2.05) is 24.5 Å². The van der Waals surface area contributed by atoms with Crippen molar-refractivity contribution in [3.05, 3.63) is 24.0 Å². The van der Waals surface area contributed by atoms with Gasteiger partial charge in [0.2, 0.25) is 0 Å². The van der Waals surface area contributed by atoms with Crippen molar-refractivity contribution < 1.29 is 0 Å². The lowest BCUT2D eigenvalue weighted by Crippen LogP contribution is -2.25. The molecule has 1 aromatic heterocycles. The minimum absolute atomic E-state index is 0.00333. The van der Waals surface area contributed by atoms with Crippen molar-refractivity contribution in [3.8, 4) is 0 Å². The zero-order valence-electron chi connectivity index (χ0n) is 10.5. The summed E-state index contributed by atoms with van der Waals surface area (Å²) in [5, 5.41) is 0. The van der Waals surface area contributed by atoms with Crippen molar-refractivity contribution in [1.82, 2.24) is 4.98 Å². The lowest BCUT2D eigenvalue weighted by molar-refractivity contribution is 0.289. The molecule has 0 atom stereocenters. The summed E-state index contributed by atoms with van der Waals surface area (Å²) in [7, 11) is 0. The predicted molar refractivity (Wildman–Crippen MR) is 66.5 cm³/mol. The number of aromatic nitrogens is 1. The molecule has 15 heavy (non-hydrogen) atoms. The molecule has 1 aromatic rings. The van der Waals surface area contributed by atoms with Crippen LogP contribution in [0.25, 0.3) is 0 Å². The second kappa shape index (κ2) is 4.21. The van der Waals surface area contributed by atoms with Gasteiger partial charge in [0.1, 0.15) is 0 Å². The maximum absolute atomic E-state index is 4.63. The van der Waals surface area contributed by atoms with E-state index in [0.717, 1.165) is 12.1 Å². The molecule has 1 N–H and O–H groups in total. The number of aromatic amines is 1. The van der Waals surface area contributed by atoms with Gasteiger partial charge >= 0.3 is 0 Å². The highest BCUT2D eigenvalue weighted by molar-refractivity contribution is 5.77. The number of hydrogen-bond acceptors (Lipinski definition) is 1. The lowest BCUT2D eigenvalue weighted by atomic mass is 9.82. The summed E-state index contributed by atoms with van der Waals surface area (Å²) >= 11 is 0. The van der Waals surface area contributed by atoms with Crippen LogP contribution in [0.1, 0.15) is 46.7 Å². The van der Waals surface area contributed by atoms with E-state index in [1.165, 1.54) is 0 Å². The van der Waals surface area contributed by atoms with Crippen LogP contribution in [0.5, 0.6) is 0 Å². The van der Waals surface area contributed by atoms with Gasteiger partial charge in [0.15, 0.2) is 0 Å². The van der Waals surface area contributed by atoms with Gasteiger partial charge in [-0.25, -0.2) is 0 Å². The van der Waals surface area contributed by atoms with Gasteiger partial charge in [-0.3, -0.25) is 4.99 Å². The van der Waals surface area contributed by atoms with Gasteiger partial charge in [0.25, 0.3) is 0 Å². The largest absolute Gasteiger partial charge is 0.360 e. The molecule has 1 rings (SSSR count). The monoisotopic (exact) mass is 206 g/mol. The van der Waals surface area contributed by atoms with Crippen molar-refractivity contribution >= 4 is 6.21 Å². The summed E-state index contributed by atoms with van der Waals surface area (Å²) in [4.78, 5) is 7.75. The van der Waals surface area contributed by atoms with Crippen molar-refractivity contribution in [2.75, 3.05) is 0 Å². The van der Waals surface area contributed by atoms with E-state index in [1.54, 1.807) is 0 Å². The maximum Gasteiger partial charge on any atom is 0.0562 e. The summed E-state index contributed by atoms with van der Waals surface area (Å²) in [6.07, 6.45) is 4.92. The highest BCUT2D eigenvalue weighted by atomic mass is 14.8. The molecule has 0 aliphatic heterocycles. The minimum atomic E-state index is 0.00333. The molecule has 0 amide bonds. The second-order valence-electron chi connectivity index (χ2n) is 5.93. The molecule has 1 heterocycles. The Morgan fingerprint density at radius 1 is 1.27 bits per heavy atom. The van der Waals surface area contributed by atoms with Crippen LogP contribution in [0, 0.1) is 5.41 Å². The van der Waals surface area contributed by atoms with Gasteiger partial charge in [-0.05, 0) is 37.8 Å². The van der Waals surface area contributed by atoms with E-state index in [4.69, 9.17) is 0 Å². The number of H-pyrrole nitrogens is 1. The molecule has 0 saturated heterocycles. The number of hydrogen-bond donors (Lipinski definition) is 1. The number of rotatable bonds is 3. The van der Waals surface area contributed by atoms with E-state index in [9.17, 15) is 0 Å². The normalized spacial score (nSPS) is 13.7. The highest BCUT2D eigenvalue weighted by Gasteiger charge is 2.23. The zero-order chi connectivity index (χ0) is 11.5. The predicted octanol–water partition coefficient (Wildman–Crippen LogP) is 3.65. The Kier molecular flexibility index (Phi) is 3.38. The molecule has 0 aliphatic rings. The molecule has 2 heteroatoms. The van der Waals surface area contributed by atoms with Crippen LogP contribution in [-0.2, 0) is 0 Å². The first-order valence-corrected chi connectivity index (χ1v) is 5.47. The van der Waals surface area contributed by atoms with Gasteiger partial charge < -0.3 is 4.98 Å². The van der Waals surface area contributed by atoms with E-state index >= 15 is 0 Å². The Balaban J connectivity index is 2.64. The molecule has 0 unspecified atom stereocenters. The van der Waals surface area contributed by atoms with Crippen LogP contribution in [0.2, 0.25) is 0 Å². The van der Waals surface area contributed by atoms with E-state index < -0.39 is 0 Å². The molecule has 2 nitrogen and oxygen atoms in total. The average molecular weight is 206 g/mol. The molecule has 0 bridgehead atoms. The van der Waals surface area contributed by atoms with Crippen molar-refractivity contribution in [3.63, 3.8) is 0 Å². The van der Waals surface area contributed by atoms with Crippen LogP contribution >= 0.6 is 0 Å². The van der Waals surface area contributed by atoms with Gasteiger partial charge in [-0.1, -0.05) is 20.8 Å². The van der Waals surface area contributed by atoms with Crippen molar-refractivity contribution in [2.24, 2.45) is 10.4 Å². The highest BCUT2D eigenvalue weighted by Crippen LogP contribution is 2.29. The Hall–Kier alpha value is -1.05. The number of nitrogens with one attached hydrogen (secondary N) is 1. The number of aliphatic imine (C=N–C) groups is 1. The quantitative estimate of drug-likeness (QED) is 0.731. The van der Waals surface area contributed by atoms with Crippen LogP contribution in [0.3, 0.4) is 0 Å².